The van der Waals surface area contributed by atoms with Crippen LogP contribution in [0, 0.1) is 20.8 Å². The van der Waals surface area contributed by atoms with Gasteiger partial charge in [0.1, 0.15) is 5.75 Å². The normalized spacial score (nSPS) is 11.2. The van der Waals surface area contributed by atoms with Crippen LogP contribution in [0.2, 0.25) is 0 Å². The van der Waals surface area contributed by atoms with Gasteiger partial charge in [0.25, 0.3) is 11.5 Å². The zero-order valence-electron chi connectivity index (χ0n) is 24.7. The summed E-state index contributed by atoms with van der Waals surface area (Å²) in [4.78, 5) is 30.7. The Morgan fingerprint density at radius 2 is 1.59 bits per heavy atom. The molecule has 0 aliphatic heterocycles. The maximum absolute atomic E-state index is 13.5. The number of amides is 1. The van der Waals surface area contributed by atoms with Crippen LogP contribution in [0.4, 0.5) is 5.69 Å². The molecule has 8 nitrogen and oxygen atoms in total. The molecule has 1 N–H and O–H groups in total. The lowest BCUT2D eigenvalue weighted by atomic mass is 10.2. The molecular weight excluding hydrogens is 550 g/mol. The summed E-state index contributed by atoms with van der Waals surface area (Å²) in [5.41, 5.74) is 6.72. The standard InChI is InChI=1S/C36H31N5O3/c1-24-11-7-9-15-32(24)38-34(42)23-44-30-19-17-29(18-20-30)40-25(2)21-28(26(40)3)22-37-41-35(27-12-5-4-6-13-27)39-33-16-10-8-14-31(33)36(41)43/h4-22H,23H2,1-3H3,(H,38,42). The molecule has 4 aromatic carbocycles. The highest BCUT2D eigenvalue weighted by molar-refractivity contribution is 5.92. The zero-order chi connectivity index (χ0) is 30.6. The van der Waals surface area contributed by atoms with Gasteiger partial charge in [-0.05, 0) is 74.9 Å². The highest BCUT2D eigenvalue weighted by atomic mass is 16.5. The van der Waals surface area contributed by atoms with Crippen LogP contribution in [0.3, 0.4) is 0 Å². The minimum Gasteiger partial charge on any atom is -0.484 e. The Morgan fingerprint density at radius 1 is 0.886 bits per heavy atom. The molecule has 0 aliphatic carbocycles. The first-order valence-electron chi connectivity index (χ1n) is 14.3. The van der Waals surface area contributed by atoms with Gasteiger partial charge in [0.15, 0.2) is 12.4 Å². The van der Waals surface area contributed by atoms with Crippen LogP contribution in [0.1, 0.15) is 22.5 Å². The van der Waals surface area contributed by atoms with Gasteiger partial charge in [-0.1, -0.05) is 60.7 Å². The molecule has 1 amide bonds. The van der Waals surface area contributed by atoms with Crippen LogP contribution in [-0.2, 0) is 4.79 Å². The van der Waals surface area contributed by atoms with Crippen molar-refractivity contribution < 1.29 is 9.53 Å². The van der Waals surface area contributed by atoms with Crippen molar-refractivity contribution in [2.24, 2.45) is 5.10 Å². The number of ether oxygens (including phenoxy) is 1. The van der Waals surface area contributed by atoms with E-state index in [9.17, 15) is 9.59 Å². The lowest BCUT2D eigenvalue weighted by molar-refractivity contribution is -0.118. The van der Waals surface area contributed by atoms with E-state index >= 15 is 0 Å². The van der Waals surface area contributed by atoms with Gasteiger partial charge in [-0.2, -0.15) is 9.78 Å². The van der Waals surface area contributed by atoms with E-state index in [1.165, 1.54) is 4.68 Å². The number of benzene rings is 4. The van der Waals surface area contributed by atoms with E-state index < -0.39 is 0 Å². The number of carbonyl (C=O) groups excluding carboxylic acids is 1. The quantitative estimate of drug-likeness (QED) is 0.203. The molecular formula is C36H31N5O3. The van der Waals surface area contributed by atoms with Crippen molar-refractivity contribution in [1.82, 2.24) is 14.2 Å². The van der Waals surface area contributed by atoms with Gasteiger partial charge in [0, 0.05) is 33.9 Å². The fourth-order valence-electron chi connectivity index (χ4n) is 5.18. The van der Waals surface area contributed by atoms with Crippen molar-refractivity contribution in [1.29, 1.82) is 0 Å². The lowest BCUT2D eigenvalue weighted by Gasteiger charge is -2.12. The molecule has 218 valence electrons. The highest BCUT2D eigenvalue weighted by Gasteiger charge is 2.14. The van der Waals surface area contributed by atoms with E-state index in [0.29, 0.717) is 22.5 Å². The monoisotopic (exact) mass is 581 g/mol. The molecule has 0 saturated carbocycles. The molecule has 0 saturated heterocycles. The smallest absolute Gasteiger partial charge is 0.282 e. The number of rotatable bonds is 8. The molecule has 0 fully saturated rings. The maximum atomic E-state index is 13.5. The summed E-state index contributed by atoms with van der Waals surface area (Å²) >= 11 is 0. The van der Waals surface area contributed by atoms with E-state index in [-0.39, 0.29) is 18.1 Å². The molecule has 6 rings (SSSR count). The molecule has 0 atom stereocenters. The number of aromatic nitrogens is 3. The van der Waals surface area contributed by atoms with E-state index in [4.69, 9.17) is 9.72 Å². The number of anilines is 1. The average molecular weight is 582 g/mol. The highest BCUT2D eigenvalue weighted by Crippen LogP contribution is 2.23. The molecule has 0 unspecified atom stereocenters. The van der Waals surface area contributed by atoms with Crippen LogP contribution in [0.15, 0.2) is 119 Å². The average Bonchev–Trinajstić information content (AvgIpc) is 3.33. The minimum atomic E-state index is -0.234. The topological polar surface area (TPSA) is 90.5 Å². The second-order valence-electron chi connectivity index (χ2n) is 10.5. The molecule has 0 bridgehead atoms. The maximum Gasteiger partial charge on any atom is 0.282 e. The first-order chi connectivity index (χ1) is 21.4. The molecule has 2 heterocycles. The summed E-state index contributed by atoms with van der Waals surface area (Å²) in [6.07, 6.45) is 1.70. The summed E-state index contributed by atoms with van der Waals surface area (Å²) in [5.74, 6) is 0.845. The molecule has 8 heteroatoms. The number of nitrogens with one attached hydrogen (secondary N) is 1. The van der Waals surface area contributed by atoms with Crippen molar-refractivity contribution >= 4 is 28.7 Å². The number of hydrogen-bond acceptors (Lipinski definition) is 5. The summed E-state index contributed by atoms with van der Waals surface area (Å²) < 4.78 is 9.21. The molecule has 0 spiro atoms. The number of hydrogen-bond donors (Lipinski definition) is 1. The van der Waals surface area contributed by atoms with Gasteiger partial charge < -0.3 is 14.6 Å². The Kier molecular flexibility index (Phi) is 7.88. The third-order valence-corrected chi connectivity index (χ3v) is 7.45. The van der Waals surface area contributed by atoms with Crippen molar-refractivity contribution in [2.75, 3.05) is 11.9 Å². The van der Waals surface area contributed by atoms with Crippen molar-refractivity contribution in [2.45, 2.75) is 20.8 Å². The molecule has 0 aliphatic rings. The molecule has 2 aromatic heterocycles. The predicted octanol–water partition coefficient (Wildman–Crippen LogP) is 6.68. The summed E-state index contributed by atoms with van der Waals surface area (Å²) in [7, 11) is 0. The number of nitrogens with zero attached hydrogens (tertiary/aromatic N) is 4. The minimum absolute atomic E-state index is 0.0934. The van der Waals surface area contributed by atoms with Crippen LogP contribution in [-0.4, -0.2) is 33.0 Å². The predicted molar refractivity (Wildman–Crippen MR) is 175 cm³/mol. The summed E-state index contributed by atoms with van der Waals surface area (Å²) in [6.45, 7) is 5.88. The summed E-state index contributed by atoms with van der Waals surface area (Å²) in [6, 6.07) is 34.1. The molecule has 6 aromatic rings. The number of carbonyl (C=O) groups is 1. The van der Waals surface area contributed by atoms with Gasteiger partial charge in [-0.15, -0.1) is 0 Å². The Balaban J connectivity index is 1.23. The largest absolute Gasteiger partial charge is 0.484 e. The Labute approximate surface area is 254 Å². The third kappa shape index (κ3) is 5.78. The summed E-state index contributed by atoms with van der Waals surface area (Å²) in [5, 5.41) is 8.03. The lowest BCUT2D eigenvalue weighted by Crippen LogP contribution is -2.20. The van der Waals surface area contributed by atoms with Gasteiger partial charge in [-0.3, -0.25) is 9.59 Å². The van der Waals surface area contributed by atoms with E-state index in [2.05, 4.69) is 15.0 Å². The van der Waals surface area contributed by atoms with Crippen LogP contribution in [0.25, 0.3) is 28.0 Å². The van der Waals surface area contributed by atoms with Crippen molar-refractivity contribution in [3.8, 4) is 22.8 Å². The first-order valence-corrected chi connectivity index (χ1v) is 14.3. The molecule has 44 heavy (non-hydrogen) atoms. The van der Waals surface area contributed by atoms with Gasteiger partial charge in [0.2, 0.25) is 0 Å². The number of aryl methyl sites for hydroxylation is 2. The van der Waals surface area contributed by atoms with Gasteiger partial charge in [-0.25, -0.2) is 4.98 Å². The second kappa shape index (κ2) is 12.2. The first kappa shape index (κ1) is 28.4. The third-order valence-electron chi connectivity index (χ3n) is 7.45. The Hall–Kier alpha value is -5.76. The van der Waals surface area contributed by atoms with E-state index in [1.54, 1.807) is 12.3 Å². The second-order valence-corrected chi connectivity index (χ2v) is 10.5. The Morgan fingerprint density at radius 3 is 2.36 bits per heavy atom. The van der Waals surface area contributed by atoms with Crippen molar-refractivity contribution in [3.05, 3.63) is 142 Å². The zero-order valence-corrected chi connectivity index (χ0v) is 24.7. The fourth-order valence-corrected chi connectivity index (χ4v) is 5.18. The SMILES string of the molecule is Cc1ccccc1NC(=O)COc1ccc(-n2c(C)cc(C=Nn3c(-c4ccccc4)nc4ccccc4c3=O)c2C)cc1. The molecule has 0 radical (unpaired) electrons. The number of fused-ring (bicyclic) bond motifs is 1. The van der Waals surface area contributed by atoms with Gasteiger partial charge in [0.05, 0.1) is 17.1 Å². The van der Waals surface area contributed by atoms with Crippen LogP contribution < -0.4 is 15.6 Å². The van der Waals surface area contributed by atoms with E-state index in [0.717, 1.165) is 39.5 Å². The van der Waals surface area contributed by atoms with Crippen LogP contribution in [0.5, 0.6) is 5.75 Å². The van der Waals surface area contributed by atoms with Gasteiger partial charge >= 0.3 is 0 Å². The van der Waals surface area contributed by atoms with Crippen LogP contribution >= 0.6 is 0 Å². The Bertz CT molecular complexity index is 2060. The van der Waals surface area contributed by atoms with Crippen molar-refractivity contribution in [3.63, 3.8) is 0 Å². The fraction of sp³-hybridized carbons (Fsp3) is 0.111. The number of para-hydroxylation sites is 2. The van der Waals surface area contributed by atoms with E-state index in [1.807, 2.05) is 124 Å².